The first kappa shape index (κ1) is 16.3. The molecule has 5 nitrogen and oxygen atoms in total. The van der Waals surface area contributed by atoms with Gasteiger partial charge in [-0.25, -0.2) is 8.42 Å². The smallest absolute Gasteiger partial charge is 0.251 e. The Labute approximate surface area is 129 Å². The fourth-order valence-corrected chi connectivity index (χ4v) is 2.24. The highest BCUT2D eigenvalue weighted by atomic mass is 35.5. The van der Waals surface area contributed by atoms with Crippen molar-refractivity contribution in [3.05, 3.63) is 26.2 Å². The molecule has 1 aromatic rings. The van der Waals surface area contributed by atoms with Crippen molar-refractivity contribution >= 4 is 67.0 Å². The molecule has 0 radical (unpaired) electrons. The van der Waals surface area contributed by atoms with Gasteiger partial charge in [-0.3, -0.25) is 5.43 Å². The highest BCUT2D eigenvalue weighted by molar-refractivity contribution is 8.06. The van der Waals surface area contributed by atoms with Crippen LogP contribution < -0.4 is 5.43 Å². The maximum atomic E-state index is 11.2. The number of nitrogens with zero attached hydrogens (tertiary/aromatic N) is 2. The van der Waals surface area contributed by atoms with E-state index in [4.69, 9.17) is 51.7 Å². The highest BCUT2D eigenvalue weighted by Crippen LogP contribution is 2.40. The molecule has 102 valence electrons. The normalized spacial score (nSPS) is 12.1. The number of benzene rings is 1. The molecule has 0 bridgehead atoms. The standard InChI is InChI=1S/C9H5Cl4N3O2S/c1-19(17,18)6(3-14)15-16-9-7(12)4(10)2-5(11)8(9)13/h2,16H,1H3/b15-6+. The van der Waals surface area contributed by atoms with Crippen LogP contribution in [0.15, 0.2) is 11.2 Å². The second-order valence-electron chi connectivity index (χ2n) is 3.26. The van der Waals surface area contributed by atoms with E-state index in [-0.39, 0.29) is 25.8 Å². The predicted octanol–water partition coefficient (Wildman–Crippen LogP) is 3.59. The van der Waals surface area contributed by atoms with Crippen LogP contribution in [0.1, 0.15) is 0 Å². The molecule has 0 aliphatic rings. The number of nitriles is 1. The van der Waals surface area contributed by atoms with Crippen LogP contribution in [0.4, 0.5) is 5.69 Å². The van der Waals surface area contributed by atoms with Crippen LogP contribution >= 0.6 is 46.4 Å². The summed E-state index contributed by atoms with van der Waals surface area (Å²) in [6.07, 6.45) is 0.838. The third-order valence-corrected chi connectivity index (χ3v) is 4.29. The third-order valence-electron chi connectivity index (χ3n) is 1.83. The van der Waals surface area contributed by atoms with Crippen molar-refractivity contribution in [1.29, 1.82) is 5.26 Å². The van der Waals surface area contributed by atoms with E-state index >= 15 is 0 Å². The first-order valence-corrected chi connectivity index (χ1v) is 7.85. The van der Waals surface area contributed by atoms with E-state index in [0.717, 1.165) is 6.26 Å². The van der Waals surface area contributed by atoms with Crippen molar-refractivity contribution in [2.45, 2.75) is 0 Å². The van der Waals surface area contributed by atoms with Crippen LogP contribution in [0.3, 0.4) is 0 Å². The largest absolute Gasteiger partial charge is 0.273 e. The Morgan fingerprint density at radius 2 is 1.74 bits per heavy atom. The molecule has 0 amide bonds. The van der Waals surface area contributed by atoms with Gasteiger partial charge in [-0.05, 0) is 6.07 Å². The van der Waals surface area contributed by atoms with Gasteiger partial charge in [-0.15, -0.1) is 0 Å². The summed E-state index contributed by atoms with van der Waals surface area (Å²) < 4.78 is 22.4. The minimum absolute atomic E-state index is 0.00519. The first-order chi connectivity index (χ1) is 8.68. The van der Waals surface area contributed by atoms with Gasteiger partial charge in [0.15, 0.2) is 0 Å². The summed E-state index contributed by atoms with van der Waals surface area (Å²) in [5.41, 5.74) is 2.29. The molecule has 1 rings (SSSR count). The Balaban J connectivity index is 3.29. The molecule has 0 aliphatic heterocycles. The zero-order valence-corrected chi connectivity index (χ0v) is 13.0. The highest BCUT2D eigenvalue weighted by Gasteiger charge is 2.16. The fraction of sp³-hybridized carbons (Fsp3) is 0.111. The molecule has 0 saturated carbocycles. The van der Waals surface area contributed by atoms with Gasteiger partial charge in [0.25, 0.3) is 5.04 Å². The lowest BCUT2D eigenvalue weighted by atomic mass is 10.3. The van der Waals surface area contributed by atoms with Crippen LogP contribution in [0.25, 0.3) is 0 Å². The number of rotatable bonds is 2. The van der Waals surface area contributed by atoms with Crippen molar-refractivity contribution < 1.29 is 8.42 Å². The lowest BCUT2D eigenvalue weighted by Crippen LogP contribution is -2.12. The van der Waals surface area contributed by atoms with E-state index in [1.54, 1.807) is 0 Å². The van der Waals surface area contributed by atoms with E-state index in [2.05, 4.69) is 10.5 Å². The number of nitrogens with one attached hydrogen (secondary N) is 1. The van der Waals surface area contributed by atoms with Gasteiger partial charge in [0.1, 0.15) is 6.07 Å². The summed E-state index contributed by atoms with van der Waals surface area (Å²) in [6.45, 7) is 0. The van der Waals surface area contributed by atoms with Crippen LogP contribution in [0.2, 0.25) is 20.1 Å². The molecule has 10 heteroatoms. The fourth-order valence-electron chi connectivity index (χ4n) is 0.969. The van der Waals surface area contributed by atoms with Gasteiger partial charge in [-0.2, -0.15) is 10.4 Å². The Kier molecular flexibility index (Phi) is 5.30. The van der Waals surface area contributed by atoms with Gasteiger partial charge in [0.05, 0.1) is 25.8 Å². The third kappa shape index (κ3) is 3.88. The summed E-state index contributed by atoms with van der Waals surface area (Å²) in [5, 5.41) is 11.6. The quantitative estimate of drug-likeness (QED) is 0.378. The second-order valence-corrected chi connectivity index (χ2v) is 6.76. The molecule has 0 aliphatic carbocycles. The Bertz CT molecular complexity index is 668. The van der Waals surface area contributed by atoms with Gasteiger partial charge in [-0.1, -0.05) is 46.4 Å². The Hall–Kier alpha value is -0.710. The number of halogens is 4. The minimum Gasteiger partial charge on any atom is -0.273 e. The van der Waals surface area contributed by atoms with Crippen molar-refractivity contribution in [3.8, 4) is 6.07 Å². The maximum Gasteiger partial charge on any atom is 0.251 e. The molecule has 0 aromatic heterocycles. The van der Waals surface area contributed by atoms with Gasteiger partial charge >= 0.3 is 0 Å². The van der Waals surface area contributed by atoms with E-state index < -0.39 is 14.9 Å². The molecule has 0 unspecified atom stereocenters. The zero-order valence-electron chi connectivity index (χ0n) is 9.21. The SMILES string of the molecule is CS(=O)(=O)/C(C#N)=N/Nc1c(Cl)c(Cl)cc(Cl)c1Cl. The minimum atomic E-state index is -3.76. The van der Waals surface area contributed by atoms with Crippen LogP contribution in [-0.2, 0) is 9.84 Å². The van der Waals surface area contributed by atoms with Gasteiger partial charge < -0.3 is 0 Å². The maximum absolute atomic E-state index is 11.2. The summed E-state index contributed by atoms with van der Waals surface area (Å²) in [4.78, 5) is 0. The molecule has 1 N–H and O–H groups in total. The first-order valence-electron chi connectivity index (χ1n) is 4.45. The molecule has 1 aromatic carbocycles. The topological polar surface area (TPSA) is 82.3 Å². The van der Waals surface area contributed by atoms with Crippen molar-refractivity contribution in [2.24, 2.45) is 5.10 Å². The zero-order chi connectivity index (χ0) is 14.8. The molecular weight excluding hydrogens is 356 g/mol. The molecule has 0 atom stereocenters. The van der Waals surface area contributed by atoms with Crippen molar-refractivity contribution in [1.82, 2.24) is 0 Å². The van der Waals surface area contributed by atoms with E-state index in [9.17, 15) is 8.42 Å². The predicted molar refractivity (Wildman–Crippen MR) is 78.0 cm³/mol. The molecule has 19 heavy (non-hydrogen) atoms. The molecule has 0 heterocycles. The molecule has 0 saturated heterocycles. The van der Waals surface area contributed by atoms with Crippen molar-refractivity contribution in [2.75, 3.05) is 11.7 Å². The number of hydrogen-bond acceptors (Lipinski definition) is 5. The second kappa shape index (κ2) is 6.16. The summed E-state index contributed by atoms with van der Waals surface area (Å²) in [7, 11) is -3.76. The van der Waals surface area contributed by atoms with Crippen LogP contribution in [0, 0.1) is 11.3 Å². The number of sulfone groups is 1. The Morgan fingerprint density at radius 3 is 2.11 bits per heavy atom. The van der Waals surface area contributed by atoms with Crippen LogP contribution in [0.5, 0.6) is 0 Å². The van der Waals surface area contributed by atoms with E-state index in [1.165, 1.54) is 12.1 Å². The molecule has 0 fully saturated rings. The van der Waals surface area contributed by atoms with E-state index in [0.29, 0.717) is 0 Å². The molecular formula is C9H5Cl4N3O2S. The molecule has 0 spiro atoms. The number of hydrogen-bond donors (Lipinski definition) is 1. The van der Waals surface area contributed by atoms with Gasteiger partial charge in [0.2, 0.25) is 9.84 Å². The van der Waals surface area contributed by atoms with E-state index in [1.807, 2.05) is 0 Å². The Morgan fingerprint density at radius 1 is 1.26 bits per heavy atom. The lowest BCUT2D eigenvalue weighted by molar-refractivity contribution is 0.612. The summed E-state index contributed by atoms with van der Waals surface area (Å²) in [6, 6.07) is 2.75. The monoisotopic (exact) mass is 359 g/mol. The average molecular weight is 361 g/mol. The van der Waals surface area contributed by atoms with Crippen LogP contribution in [-0.4, -0.2) is 19.7 Å². The number of anilines is 1. The lowest BCUT2D eigenvalue weighted by Gasteiger charge is -2.09. The van der Waals surface area contributed by atoms with Gasteiger partial charge in [0, 0.05) is 6.26 Å². The van der Waals surface area contributed by atoms with Crippen molar-refractivity contribution in [3.63, 3.8) is 0 Å². The number of hydrazone groups is 1. The summed E-state index contributed by atoms with van der Waals surface area (Å²) >= 11 is 23.3. The average Bonchev–Trinajstić information content (AvgIpc) is 2.29. The summed E-state index contributed by atoms with van der Waals surface area (Å²) in [5.74, 6) is 0.